The van der Waals surface area contributed by atoms with Gasteiger partial charge in [-0.1, -0.05) is 0 Å². The maximum Gasteiger partial charge on any atom is 0.339 e. The molecule has 0 aliphatic carbocycles. The summed E-state index contributed by atoms with van der Waals surface area (Å²) in [6.45, 7) is 1.03. The van der Waals surface area contributed by atoms with Gasteiger partial charge in [-0.25, -0.2) is 9.59 Å². The highest BCUT2D eigenvalue weighted by Gasteiger charge is 2.24. The second-order valence-corrected chi connectivity index (χ2v) is 4.04. The van der Waals surface area contributed by atoms with Gasteiger partial charge in [0.15, 0.2) is 0 Å². The van der Waals surface area contributed by atoms with Crippen LogP contribution in [-0.4, -0.2) is 64.0 Å². The van der Waals surface area contributed by atoms with Gasteiger partial charge in [-0.2, -0.15) is 0 Å². The molecule has 1 atom stereocenters. The van der Waals surface area contributed by atoms with Gasteiger partial charge < -0.3 is 23.7 Å². The smallest absolute Gasteiger partial charge is 0.339 e. The summed E-state index contributed by atoms with van der Waals surface area (Å²) in [7, 11) is 2.56. The number of carbonyl (C=O) groups excluding carboxylic acids is 4. The van der Waals surface area contributed by atoms with Crippen LogP contribution in [0.3, 0.4) is 0 Å². The number of methoxy groups -OCH3 is 2. The summed E-state index contributed by atoms with van der Waals surface area (Å²) < 4.78 is 23.1. The molecule has 0 N–H and O–H groups in total. The van der Waals surface area contributed by atoms with Crippen molar-refractivity contribution in [3.8, 4) is 0 Å². The molecule has 0 unspecified atom stereocenters. The number of rotatable bonds is 10. The van der Waals surface area contributed by atoms with Crippen molar-refractivity contribution in [1.29, 1.82) is 0 Å². The number of ether oxygens (including phenoxy) is 5. The molecule has 0 saturated carbocycles. The predicted octanol–water partition coefficient (Wildman–Crippen LogP) is -0.396. The molecule has 0 radical (unpaired) electrons. The zero-order valence-electron chi connectivity index (χ0n) is 12.8. The van der Waals surface area contributed by atoms with E-state index < -0.39 is 43.0 Å². The van der Waals surface area contributed by atoms with Crippen LogP contribution in [-0.2, 0) is 42.9 Å². The van der Waals surface area contributed by atoms with Crippen molar-refractivity contribution in [3.63, 3.8) is 0 Å². The van der Waals surface area contributed by atoms with Crippen LogP contribution in [0.5, 0.6) is 0 Å². The first-order chi connectivity index (χ1) is 10.4. The average Bonchev–Trinajstić information content (AvgIpc) is 2.38. The molecule has 0 saturated heterocycles. The summed E-state index contributed by atoms with van der Waals surface area (Å²) in [4.78, 5) is 45.4. The Morgan fingerprint density at radius 2 is 1.36 bits per heavy atom. The third kappa shape index (κ3) is 9.83. The van der Waals surface area contributed by atoms with Crippen LogP contribution in [0.4, 0.5) is 0 Å². The Balaban J connectivity index is 4.55. The third-order valence-corrected chi connectivity index (χ3v) is 2.14. The van der Waals surface area contributed by atoms with E-state index >= 15 is 0 Å². The standard InChI is InChI=1S/C13H20O9/c1-4-20-10(14)5-9(21-12(16)7-18-2)6-11(15)22-13(17)8-19-3/h9H,4-8H2,1-3H3/t9-/m1/s1. The quantitative estimate of drug-likeness (QED) is 0.301. The molecule has 0 bridgehead atoms. The summed E-state index contributed by atoms with van der Waals surface area (Å²) in [6.07, 6.45) is -1.91. The van der Waals surface area contributed by atoms with Gasteiger partial charge in [0.25, 0.3) is 0 Å². The van der Waals surface area contributed by atoms with E-state index in [9.17, 15) is 19.2 Å². The van der Waals surface area contributed by atoms with Crippen molar-refractivity contribution in [2.24, 2.45) is 0 Å². The van der Waals surface area contributed by atoms with Gasteiger partial charge in [0, 0.05) is 14.2 Å². The van der Waals surface area contributed by atoms with Gasteiger partial charge in [-0.05, 0) is 6.92 Å². The molecule has 0 fully saturated rings. The zero-order chi connectivity index (χ0) is 17.0. The first kappa shape index (κ1) is 20.0. The fraction of sp³-hybridized carbons (Fsp3) is 0.692. The minimum atomic E-state index is -1.11. The lowest BCUT2D eigenvalue weighted by Crippen LogP contribution is -2.29. The van der Waals surface area contributed by atoms with E-state index in [0.717, 1.165) is 0 Å². The molecule has 0 aliphatic rings. The second kappa shape index (κ2) is 11.6. The fourth-order valence-electron chi connectivity index (χ4n) is 1.40. The van der Waals surface area contributed by atoms with Crippen molar-refractivity contribution in [1.82, 2.24) is 0 Å². The number of hydrogen-bond donors (Lipinski definition) is 0. The van der Waals surface area contributed by atoms with Gasteiger partial charge in [-0.3, -0.25) is 9.59 Å². The van der Waals surface area contributed by atoms with Crippen LogP contribution >= 0.6 is 0 Å². The van der Waals surface area contributed by atoms with Gasteiger partial charge in [0.2, 0.25) is 0 Å². The topological polar surface area (TPSA) is 114 Å². The lowest BCUT2D eigenvalue weighted by molar-refractivity contribution is -0.166. The molecule has 0 amide bonds. The first-order valence-electron chi connectivity index (χ1n) is 6.49. The highest BCUT2D eigenvalue weighted by Crippen LogP contribution is 2.08. The minimum absolute atomic E-state index is 0.147. The highest BCUT2D eigenvalue weighted by atomic mass is 16.6. The molecule has 0 rings (SSSR count). The summed E-state index contributed by atoms with van der Waals surface area (Å²) in [5.41, 5.74) is 0. The molecule has 126 valence electrons. The monoisotopic (exact) mass is 320 g/mol. The van der Waals surface area contributed by atoms with E-state index in [0.29, 0.717) is 0 Å². The van der Waals surface area contributed by atoms with E-state index in [1.54, 1.807) is 6.92 Å². The van der Waals surface area contributed by atoms with E-state index in [4.69, 9.17) is 9.47 Å². The van der Waals surface area contributed by atoms with Gasteiger partial charge in [-0.15, -0.1) is 0 Å². The first-order valence-corrected chi connectivity index (χ1v) is 6.49. The van der Waals surface area contributed by atoms with Gasteiger partial charge in [0.05, 0.1) is 19.4 Å². The Hall–Kier alpha value is -2.00. The number of esters is 4. The van der Waals surface area contributed by atoms with E-state index in [1.165, 1.54) is 14.2 Å². The van der Waals surface area contributed by atoms with E-state index in [1.807, 2.05) is 0 Å². The molecule has 9 nitrogen and oxygen atoms in total. The van der Waals surface area contributed by atoms with Crippen molar-refractivity contribution in [2.75, 3.05) is 34.0 Å². The molecular weight excluding hydrogens is 300 g/mol. The molecule has 0 spiro atoms. The lowest BCUT2D eigenvalue weighted by Gasteiger charge is -2.16. The fourth-order valence-corrected chi connectivity index (χ4v) is 1.40. The Labute approximate surface area is 127 Å². The Morgan fingerprint density at radius 1 is 0.818 bits per heavy atom. The molecule has 0 aromatic rings. The van der Waals surface area contributed by atoms with Crippen LogP contribution < -0.4 is 0 Å². The Morgan fingerprint density at radius 3 is 1.91 bits per heavy atom. The van der Waals surface area contributed by atoms with Crippen molar-refractivity contribution >= 4 is 23.9 Å². The van der Waals surface area contributed by atoms with Crippen LogP contribution in [0.1, 0.15) is 19.8 Å². The Bertz CT molecular complexity index is 371. The normalized spacial score (nSPS) is 11.4. The lowest BCUT2D eigenvalue weighted by atomic mass is 10.2. The largest absolute Gasteiger partial charge is 0.466 e. The summed E-state index contributed by atoms with van der Waals surface area (Å²) >= 11 is 0. The van der Waals surface area contributed by atoms with Crippen molar-refractivity contribution in [2.45, 2.75) is 25.9 Å². The highest BCUT2D eigenvalue weighted by molar-refractivity contribution is 5.86. The molecule has 0 heterocycles. The predicted molar refractivity (Wildman–Crippen MR) is 70.6 cm³/mol. The van der Waals surface area contributed by atoms with Crippen LogP contribution in [0.15, 0.2) is 0 Å². The molecule has 0 aromatic carbocycles. The zero-order valence-corrected chi connectivity index (χ0v) is 12.8. The molecular formula is C13H20O9. The van der Waals surface area contributed by atoms with E-state index in [-0.39, 0.29) is 19.6 Å². The Kier molecular flexibility index (Phi) is 10.6. The van der Waals surface area contributed by atoms with Crippen molar-refractivity contribution < 1.29 is 42.9 Å². The van der Waals surface area contributed by atoms with Crippen molar-refractivity contribution in [3.05, 3.63) is 0 Å². The van der Waals surface area contributed by atoms with Crippen LogP contribution in [0.2, 0.25) is 0 Å². The maximum atomic E-state index is 11.5. The molecule has 9 heteroatoms. The summed E-state index contributed by atoms with van der Waals surface area (Å²) in [5.74, 6) is -3.23. The number of carbonyl (C=O) groups is 4. The third-order valence-electron chi connectivity index (χ3n) is 2.14. The van der Waals surface area contributed by atoms with Gasteiger partial charge >= 0.3 is 23.9 Å². The minimum Gasteiger partial charge on any atom is -0.466 e. The van der Waals surface area contributed by atoms with Crippen LogP contribution in [0, 0.1) is 0 Å². The molecule has 0 aliphatic heterocycles. The maximum absolute atomic E-state index is 11.5. The number of hydrogen-bond acceptors (Lipinski definition) is 9. The van der Waals surface area contributed by atoms with Crippen LogP contribution in [0.25, 0.3) is 0 Å². The summed E-state index contributed by atoms with van der Waals surface area (Å²) in [6, 6.07) is 0. The summed E-state index contributed by atoms with van der Waals surface area (Å²) in [5, 5.41) is 0. The molecule has 22 heavy (non-hydrogen) atoms. The average molecular weight is 320 g/mol. The SMILES string of the molecule is CCOC(=O)C[C@H](CC(=O)OC(=O)COC)OC(=O)COC. The van der Waals surface area contributed by atoms with Gasteiger partial charge in [0.1, 0.15) is 19.3 Å². The molecule has 0 aromatic heterocycles. The van der Waals surface area contributed by atoms with E-state index in [2.05, 4.69) is 14.2 Å². The second-order valence-electron chi connectivity index (χ2n) is 4.04.